The van der Waals surface area contributed by atoms with Crippen LogP contribution in [-0.2, 0) is 11.2 Å². The first-order chi connectivity index (χ1) is 13.0. The molecule has 0 unspecified atom stereocenters. The van der Waals surface area contributed by atoms with Crippen LogP contribution >= 0.6 is 0 Å². The van der Waals surface area contributed by atoms with E-state index in [1.165, 1.54) is 0 Å². The number of para-hydroxylation sites is 1. The molecule has 5 heteroatoms. The van der Waals surface area contributed by atoms with Crippen molar-refractivity contribution < 1.29 is 4.79 Å². The number of aryl methyl sites for hydroxylation is 3. The maximum Gasteiger partial charge on any atom is 0.227 e. The van der Waals surface area contributed by atoms with Gasteiger partial charge >= 0.3 is 0 Å². The van der Waals surface area contributed by atoms with E-state index >= 15 is 0 Å². The zero-order valence-corrected chi connectivity index (χ0v) is 16.7. The summed E-state index contributed by atoms with van der Waals surface area (Å²) in [5.41, 5.74) is 5.95. The normalized spacial score (nSPS) is 11.1. The van der Waals surface area contributed by atoms with Gasteiger partial charge in [0.05, 0.1) is 5.69 Å². The molecule has 0 saturated carbocycles. The number of carbonyl (C=O) groups excluding carboxylic acids is 1. The highest BCUT2D eigenvalue weighted by molar-refractivity contribution is 5.93. The molecule has 0 aliphatic rings. The van der Waals surface area contributed by atoms with Crippen LogP contribution in [0.1, 0.15) is 48.8 Å². The third-order valence-corrected chi connectivity index (χ3v) is 4.98. The summed E-state index contributed by atoms with van der Waals surface area (Å²) in [5.74, 6) is 0.158. The van der Waals surface area contributed by atoms with E-state index < -0.39 is 0 Å². The maximum absolute atomic E-state index is 13.0. The van der Waals surface area contributed by atoms with Crippen molar-refractivity contribution in [3.63, 3.8) is 0 Å². The lowest BCUT2D eigenvalue weighted by Crippen LogP contribution is -2.32. The summed E-state index contributed by atoms with van der Waals surface area (Å²) in [4.78, 5) is 19.6. The molecular formula is C22H28N4O. The minimum absolute atomic E-state index is 0.158. The fourth-order valence-corrected chi connectivity index (χ4v) is 3.49. The van der Waals surface area contributed by atoms with Gasteiger partial charge in [0.25, 0.3) is 0 Å². The van der Waals surface area contributed by atoms with Gasteiger partial charge in [-0.1, -0.05) is 31.5 Å². The van der Waals surface area contributed by atoms with Gasteiger partial charge in [-0.3, -0.25) is 4.79 Å². The highest BCUT2D eigenvalue weighted by atomic mass is 16.2. The Hall–Kier alpha value is -2.69. The molecule has 1 amide bonds. The third kappa shape index (κ3) is 4.18. The fraction of sp³-hybridized carbons (Fsp3) is 0.409. The lowest BCUT2D eigenvalue weighted by Gasteiger charge is -2.23. The minimum atomic E-state index is 0.158. The highest BCUT2D eigenvalue weighted by Crippen LogP contribution is 2.20. The van der Waals surface area contributed by atoms with Crippen molar-refractivity contribution >= 4 is 17.2 Å². The van der Waals surface area contributed by atoms with E-state index in [1.807, 2.05) is 59.7 Å². The molecule has 0 atom stereocenters. The maximum atomic E-state index is 13.0. The molecule has 1 aromatic carbocycles. The minimum Gasteiger partial charge on any atom is -0.312 e. The second-order valence-electron chi connectivity index (χ2n) is 7.05. The number of aromatic nitrogens is 3. The Morgan fingerprint density at radius 3 is 2.59 bits per heavy atom. The van der Waals surface area contributed by atoms with Crippen molar-refractivity contribution in [2.24, 2.45) is 0 Å². The Morgan fingerprint density at radius 2 is 1.89 bits per heavy atom. The van der Waals surface area contributed by atoms with E-state index in [4.69, 9.17) is 0 Å². The number of anilines is 1. The molecular weight excluding hydrogens is 336 g/mol. The summed E-state index contributed by atoms with van der Waals surface area (Å²) in [6, 6.07) is 11.9. The number of carbonyl (C=O) groups is 1. The van der Waals surface area contributed by atoms with Crippen molar-refractivity contribution in [3.05, 3.63) is 59.0 Å². The van der Waals surface area contributed by atoms with Crippen molar-refractivity contribution in [1.82, 2.24) is 14.6 Å². The standard InChI is InChI=1S/C22H28N4O/c1-5-6-14-25(19-10-8-7-9-11-19)22(27)13-12-20-17(3)23-21-15-16(2)24-26(21)18(20)4/h7-11,15H,5-6,12-14H2,1-4H3. The van der Waals surface area contributed by atoms with E-state index in [2.05, 4.69) is 23.9 Å². The number of unbranched alkanes of at least 4 members (excludes halogenated alkanes) is 1. The number of hydrogen-bond donors (Lipinski definition) is 0. The largest absolute Gasteiger partial charge is 0.312 e. The molecule has 142 valence electrons. The smallest absolute Gasteiger partial charge is 0.227 e. The number of rotatable bonds is 7. The van der Waals surface area contributed by atoms with Crippen LogP contribution in [0.25, 0.3) is 5.65 Å². The van der Waals surface area contributed by atoms with Gasteiger partial charge in [0.15, 0.2) is 5.65 Å². The molecule has 0 bridgehead atoms. The average Bonchev–Trinajstić information content (AvgIpc) is 3.03. The van der Waals surface area contributed by atoms with Crippen LogP contribution in [0.5, 0.6) is 0 Å². The molecule has 2 aromatic heterocycles. The predicted molar refractivity (Wildman–Crippen MR) is 109 cm³/mol. The van der Waals surface area contributed by atoms with Gasteiger partial charge in [-0.05, 0) is 51.3 Å². The highest BCUT2D eigenvalue weighted by Gasteiger charge is 2.17. The van der Waals surface area contributed by atoms with E-state index in [0.717, 1.165) is 53.4 Å². The summed E-state index contributed by atoms with van der Waals surface area (Å²) in [6.45, 7) is 8.94. The van der Waals surface area contributed by atoms with Gasteiger partial charge in [-0.2, -0.15) is 5.10 Å². The molecule has 0 saturated heterocycles. The lowest BCUT2D eigenvalue weighted by atomic mass is 10.1. The number of hydrogen-bond acceptors (Lipinski definition) is 3. The Kier molecular flexibility index (Phi) is 5.89. The molecule has 2 heterocycles. The van der Waals surface area contributed by atoms with E-state index in [1.54, 1.807) is 0 Å². The van der Waals surface area contributed by atoms with E-state index in [0.29, 0.717) is 12.8 Å². The van der Waals surface area contributed by atoms with Crippen LogP contribution in [-0.4, -0.2) is 27.0 Å². The van der Waals surface area contributed by atoms with Crippen molar-refractivity contribution in [3.8, 4) is 0 Å². The van der Waals surface area contributed by atoms with Gasteiger partial charge in [0.1, 0.15) is 0 Å². The number of nitrogens with zero attached hydrogens (tertiary/aromatic N) is 4. The van der Waals surface area contributed by atoms with Crippen molar-refractivity contribution in [1.29, 1.82) is 0 Å². The Bertz CT molecular complexity index is 930. The molecule has 3 rings (SSSR count). The van der Waals surface area contributed by atoms with Crippen LogP contribution in [0.2, 0.25) is 0 Å². The Labute approximate surface area is 161 Å². The fourth-order valence-electron chi connectivity index (χ4n) is 3.49. The summed E-state index contributed by atoms with van der Waals surface area (Å²) < 4.78 is 1.88. The van der Waals surface area contributed by atoms with Crippen LogP contribution in [0.3, 0.4) is 0 Å². The molecule has 27 heavy (non-hydrogen) atoms. The number of fused-ring (bicyclic) bond motifs is 1. The first-order valence-electron chi connectivity index (χ1n) is 9.69. The first kappa shape index (κ1) is 19.1. The summed E-state index contributed by atoms with van der Waals surface area (Å²) in [6.07, 6.45) is 3.20. The number of benzene rings is 1. The average molecular weight is 364 g/mol. The third-order valence-electron chi connectivity index (χ3n) is 4.98. The van der Waals surface area contributed by atoms with Crippen molar-refractivity contribution in [2.75, 3.05) is 11.4 Å². The van der Waals surface area contributed by atoms with Crippen LogP contribution in [0, 0.1) is 20.8 Å². The van der Waals surface area contributed by atoms with Crippen molar-refractivity contribution in [2.45, 2.75) is 53.4 Å². The SMILES string of the molecule is CCCCN(C(=O)CCc1c(C)nc2cc(C)nn2c1C)c1ccccc1. The zero-order chi connectivity index (χ0) is 19.4. The quantitative estimate of drug-likeness (QED) is 0.623. The summed E-state index contributed by atoms with van der Waals surface area (Å²) in [5, 5.41) is 4.52. The van der Waals surface area contributed by atoms with E-state index in [9.17, 15) is 4.79 Å². The van der Waals surface area contributed by atoms with Gasteiger partial charge in [0, 0.05) is 36.1 Å². The molecule has 0 radical (unpaired) electrons. The van der Waals surface area contributed by atoms with Crippen LogP contribution in [0.4, 0.5) is 5.69 Å². The number of amides is 1. The van der Waals surface area contributed by atoms with Crippen LogP contribution < -0.4 is 4.90 Å². The molecule has 0 spiro atoms. The monoisotopic (exact) mass is 364 g/mol. The van der Waals surface area contributed by atoms with Gasteiger partial charge in [0.2, 0.25) is 5.91 Å². The van der Waals surface area contributed by atoms with Gasteiger partial charge < -0.3 is 4.90 Å². The zero-order valence-electron chi connectivity index (χ0n) is 16.7. The molecule has 0 aliphatic carbocycles. The molecule has 0 aliphatic heterocycles. The lowest BCUT2D eigenvalue weighted by molar-refractivity contribution is -0.118. The predicted octanol–water partition coefficient (Wildman–Crippen LogP) is 4.42. The molecule has 0 fully saturated rings. The molecule has 0 N–H and O–H groups in total. The van der Waals surface area contributed by atoms with E-state index in [-0.39, 0.29) is 5.91 Å². The second kappa shape index (κ2) is 8.33. The topological polar surface area (TPSA) is 50.5 Å². The molecule has 3 aromatic rings. The Balaban J connectivity index is 1.80. The van der Waals surface area contributed by atoms with Gasteiger partial charge in [-0.25, -0.2) is 9.50 Å². The summed E-state index contributed by atoms with van der Waals surface area (Å²) in [7, 11) is 0. The second-order valence-corrected chi connectivity index (χ2v) is 7.05. The van der Waals surface area contributed by atoms with Gasteiger partial charge in [-0.15, -0.1) is 0 Å². The van der Waals surface area contributed by atoms with Crippen LogP contribution in [0.15, 0.2) is 36.4 Å². The Morgan fingerprint density at radius 1 is 1.15 bits per heavy atom. The molecule has 5 nitrogen and oxygen atoms in total. The summed E-state index contributed by atoms with van der Waals surface area (Å²) >= 11 is 0. The first-order valence-corrected chi connectivity index (χ1v) is 9.69.